The van der Waals surface area contributed by atoms with E-state index >= 15 is 0 Å². The molecule has 0 spiro atoms. The maximum atomic E-state index is 5.23. The first-order chi connectivity index (χ1) is 8.29. The van der Waals surface area contributed by atoms with E-state index in [2.05, 4.69) is 35.3 Å². The lowest BCUT2D eigenvalue weighted by Crippen LogP contribution is -2.44. The Balaban J connectivity index is 1.89. The summed E-state index contributed by atoms with van der Waals surface area (Å²) in [6, 6.07) is 6.36. The molecule has 1 N–H and O–H groups in total. The van der Waals surface area contributed by atoms with Gasteiger partial charge in [-0.15, -0.1) is 0 Å². The summed E-state index contributed by atoms with van der Waals surface area (Å²) in [6.45, 7) is 7.93. The molecule has 0 amide bonds. The van der Waals surface area contributed by atoms with Gasteiger partial charge in [-0.2, -0.15) is 0 Å². The van der Waals surface area contributed by atoms with Gasteiger partial charge in [-0.1, -0.05) is 6.07 Å². The predicted octanol–water partition coefficient (Wildman–Crippen LogP) is 1.45. The molecule has 0 aromatic heterocycles. The summed E-state index contributed by atoms with van der Waals surface area (Å²) in [4.78, 5) is 2.53. The summed E-state index contributed by atoms with van der Waals surface area (Å²) >= 11 is 0. The zero-order valence-corrected chi connectivity index (χ0v) is 10.8. The van der Waals surface area contributed by atoms with Gasteiger partial charge in [0, 0.05) is 32.7 Å². The molecular formula is C14H22N2O. The van der Waals surface area contributed by atoms with Crippen LogP contribution in [-0.4, -0.2) is 44.7 Å². The molecule has 3 nitrogen and oxygen atoms in total. The standard InChI is InChI=1S/C14H22N2O/c1-12-11-14(17-2)4-3-13(12)5-8-16-9-6-15-7-10-16/h3-4,11,15H,5-10H2,1-2H3. The molecule has 0 saturated carbocycles. The van der Waals surface area contributed by atoms with Crippen molar-refractivity contribution < 1.29 is 4.74 Å². The Labute approximate surface area is 104 Å². The predicted molar refractivity (Wildman–Crippen MR) is 70.7 cm³/mol. The minimum atomic E-state index is 0.952. The van der Waals surface area contributed by atoms with Crippen LogP contribution in [0.2, 0.25) is 0 Å². The largest absolute Gasteiger partial charge is 0.497 e. The molecule has 1 aromatic carbocycles. The van der Waals surface area contributed by atoms with Gasteiger partial charge in [0.05, 0.1) is 7.11 Å². The summed E-state index contributed by atoms with van der Waals surface area (Å²) in [5.41, 5.74) is 2.77. The Morgan fingerprint density at radius 3 is 2.71 bits per heavy atom. The summed E-state index contributed by atoms with van der Waals surface area (Å²) < 4.78 is 5.23. The first kappa shape index (κ1) is 12.4. The molecule has 3 heteroatoms. The van der Waals surface area contributed by atoms with Crippen molar-refractivity contribution in [2.75, 3.05) is 39.8 Å². The highest BCUT2D eigenvalue weighted by Gasteiger charge is 2.09. The first-order valence-electron chi connectivity index (χ1n) is 6.36. The third-order valence-corrected chi connectivity index (χ3v) is 3.46. The quantitative estimate of drug-likeness (QED) is 0.853. The second-order valence-electron chi connectivity index (χ2n) is 4.63. The van der Waals surface area contributed by atoms with E-state index in [9.17, 15) is 0 Å². The van der Waals surface area contributed by atoms with Gasteiger partial charge in [-0.3, -0.25) is 0 Å². The van der Waals surface area contributed by atoms with Crippen LogP contribution in [-0.2, 0) is 6.42 Å². The van der Waals surface area contributed by atoms with Crippen LogP contribution in [0.15, 0.2) is 18.2 Å². The maximum Gasteiger partial charge on any atom is 0.119 e. The molecule has 1 aliphatic heterocycles. The Kier molecular flexibility index (Phi) is 4.40. The van der Waals surface area contributed by atoms with E-state index in [-0.39, 0.29) is 0 Å². The van der Waals surface area contributed by atoms with E-state index < -0.39 is 0 Å². The molecule has 1 aromatic rings. The van der Waals surface area contributed by atoms with E-state index in [1.54, 1.807) is 7.11 Å². The normalized spacial score (nSPS) is 17.1. The molecule has 1 aliphatic rings. The second kappa shape index (κ2) is 6.03. The van der Waals surface area contributed by atoms with Crippen LogP contribution in [0.3, 0.4) is 0 Å². The summed E-state index contributed by atoms with van der Waals surface area (Å²) in [5.74, 6) is 0.952. The lowest BCUT2D eigenvalue weighted by molar-refractivity contribution is 0.244. The maximum absolute atomic E-state index is 5.23. The molecule has 94 valence electrons. The van der Waals surface area contributed by atoms with Gasteiger partial charge in [0.15, 0.2) is 0 Å². The number of rotatable bonds is 4. The van der Waals surface area contributed by atoms with Crippen molar-refractivity contribution in [3.8, 4) is 5.75 Å². The van der Waals surface area contributed by atoms with Crippen LogP contribution in [0.25, 0.3) is 0 Å². The highest BCUT2D eigenvalue weighted by Crippen LogP contribution is 2.17. The van der Waals surface area contributed by atoms with E-state index in [0.717, 1.165) is 31.8 Å². The van der Waals surface area contributed by atoms with E-state index in [1.807, 2.05) is 0 Å². The molecule has 1 fully saturated rings. The van der Waals surface area contributed by atoms with Gasteiger partial charge in [0.1, 0.15) is 5.75 Å². The number of benzene rings is 1. The molecule has 0 unspecified atom stereocenters. The van der Waals surface area contributed by atoms with Gasteiger partial charge in [-0.25, -0.2) is 0 Å². The Bertz CT molecular complexity index is 359. The number of hydrogen-bond acceptors (Lipinski definition) is 3. The number of ether oxygens (including phenoxy) is 1. The number of hydrogen-bond donors (Lipinski definition) is 1. The smallest absolute Gasteiger partial charge is 0.119 e. The molecule has 0 bridgehead atoms. The minimum Gasteiger partial charge on any atom is -0.497 e. The molecule has 17 heavy (non-hydrogen) atoms. The fourth-order valence-electron chi connectivity index (χ4n) is 2.29. The molecule has 1 heterocycles. The molecule has 0 aliphatic carbocycles. The Hall–Kier alpha value is -1.06. The number of piperazine rings is 1. The SMILES string of the molecule is COc1ccc(CCN2CCNCC2)c(C)c1. The van der Waals surface area contributed by atoms with Gasteiger partial charge in [-0.05, 0) is 36.6 Å². The monoisotopic (exact) mass is 234 g/mol. The van der Waals surface area contributed by atoms with Crippen LogP contribution in [0.5, 0.6) is 5.75 Å². The lowest BCUT2D eigenvalue weighted by Gasteiger charge is -2.27. The highest BCUT2D eigenvalue weighted by molar-refractivity contribution is 5.34. The van der Waals surface area contributed by atoms with Gasteiger partial charge in [0.2, 0.25) is 0 Å². The number of nitrogens with one attached hydrogen (secondary N) is 1. The van der Waals surface area contributed by atoms with E-state index in [1.165, 1.54) is 24.2 Å². The molecule has 2 rings (SSSR count). The van der Waals surface area contributed by atoms with Crippen LogP contribution >= 0.6 is 0 Å². The van der Waals surface area contributed by atoms with Crippen molar-refractivity contribution in [3.05, 3.63) is 29.3 Å². The van der Waals surface area contributed by atoms with Gasteiger partial charge >= 0.3 is 0 Å². The van der Waals surface area contributed by atoms with Crippen molar-refractivity contribution in [1.82, 2.24) is 10.2 Å². The van der Waals surface area contributed by atoms with Gasteiger partial charge < -0.3 is 15.0 Å². The van der Waals surface area contributed by atoms with E-state index in [0.29, 0.717) is 0 Å². The molecular weight excluding hydrogens is 212 g/mol. The van der Waals surface area contributed by atoms with Crippen LogP contribution < -0.4 is 10.1 Å². The number of aryl methyl sites for hydroxylation is 1. The summed E-state index contributed by atoms with van der Waals surface area (Å²) in [7, 11) is 1.72. The fourth-order valence-corrected chi connectivity index (χ4v) is 2.29. The molecule has 0 atom stereocenters. The Morgan fingerprint density at radius 2 is 2.06 bits per heavy atom. The number of methoxy groups -OCH3 is 1. The summed E-state index contributed by atoms with van der Waals surface area (Å²) in [6.07, 6.45) is 1.13. The zero-order valence-electron chi connectivity index (χ0n) is 10.8. The van der Waals surface area contributed by atoms with Crippen molar-refractivity contribution in [3.63, 3.8) is 0 Å². The molecule has 1 saturated heterocycles. The first-order valence-corrected chi connectivity index (χ1v) is 6.36. The summed E-state index contributed by atoms with van der Waals surface area (Å²) in [5, 5.41) is 3.38. The Morgan fingerprint density at radius 1 is 1.29 bits per heavy atom. The third kappa shape index (κ3) is 3.45. The topological polar surface area (TPSA) is 24.5 Å². The fraction of sp³-hybridized carbons (Fsp3) is 0.571. The zero-order chi connectivity index (χ0) is 12.1. The van der Waals surface area contributed by atoms with Crippen molar-refractivity contribution in [2.24, 2.45) is 0 Å². The third-order valence-electron chi connectivity index (χ3n) is 3.46. The van der Waals surface area contributed by atoms with Crippen molar-refractivity contribution in [2.45, 2.75) is 13.3 Å². The second-order valence-corrected chi connectivity index (χ2v) is 4.63. The highest BCUT2D eigenvalue weighted by atomic mass is 16.5. The van der Waals surface area contributed by atoms with Crippen LogP contribution in [0, 0.1) is 6.92 Å². The van der Waals surface area contributed by atoms with Crippen molar-refractivity contribution in [1.29, 1.82) is 0 Å². The van der Waals surface area contributed by atoms with Crippen LogP contribution in [0.1, 0.15) is 11.1 Å². The minimum absolute atomic E-state index is 0.952. The lowest BCUT2D eigenvalue weighted by atomic mass is 10.1. The van der Waals surface area contributed by atoms with Gasteiger partial charge in [0.25, 0.3) is 0 Å². The molecule has 0 radical (unpaired) electrons. The average Bonchev–Trinajstić information content (AvgIpc) is 2.38. The van der Waals surface area contributed by atoms with Crippen LogP contribution in [0.4, 0.5) is 0 Å². The van der Waals surface area contributed by atoms with Crippen molar-refractivity contribution >= 4 is 0 Å². The number of nitrogens with zero attached hydrogens (tertiary/aromatic N) is 1. The van der Waals surface area contributed by atoms with E-state index in [4.69, 9.17) is 4.74 Å². The average molecular weight is 234 g/mol.